The average Bonchev–Trinajstić information content (AvgIpc) is 2.13. The minimum absolute atomic E-state index is 0. The molecule has 1 heterocycles. The van der Waals surface area contributed by atoms with Crippen LogP contribution in [0.3, 0.4) is 0 Å². The third kappa shape index (κ3) is 3.98. The van der Waals surface area contributed by atoms with E-state index in [4.69, 9.17) is 10.5 Å². The van der Waals surface area contributed by atoms with E-state index in [0.717, 1.165) is 6.42 Å². The first-order valence-corrected chi connectivity index (χ1v) is 8.25. The van der Waals surface area contributed by atoms with Crippen LogP contribution in [0.15, 0.2) is 0 Å². The lowest BCUT2D eigenvalue weighted by Crippen LogP contribution is -2.34. The van der Waals surface area contributed by atoms with Crippen molar-refractivity contribution in [2.24, 2.45) is 5.73 Å². The molecule has 80 valence electrons. The van der Waals surface area contributed by atoms with Gasteiger partial charge in [0.2, 0.25) is 0 Å². The van der Waals surface area contributed by atoms with Crippen LogP contribution in [0.2, 0.25) is 25.2 Å². The van der Waals surface area contributed by atoms with E-state index in [1.807, 2.05) is 0 Å². The van der Waals surface area contributed by atoms with Gasteiger partial charge in [0, 0.05) is 21.2 Å². The molecule has 2 nitrogen and oxygen atoms in total. The molecule has 0 aromatic carbocycles. The molecule has 0 aromatic rings. The van der Waals surface area contributed by atoms with Crippen molar-refractivity contribution in [3.05, 3.63) is 0 Å². The number of hydrogen-bond acceptors (Lipinski definition) is 2. The Morgan fingerprint density at radius 2 is 1.77 bits per heavy atom. The van der Waals surface area contributed by atoms with E-state index < -0.39 is 8.07 Å². The minimum Gasteiger partial charge on any atom is -0.380 e. The van der Waals surface area contributed by atoms with Crippen molar-refractivity contribution in [2.45, 2.75) is 50.2 Å². The van der Waals surface area contributed by atoms with Gasteiger partial charge in [-0.25, -0.2) is 0 Å². The van der Waals surface area contributed by atoms with Crippen LogP contribution in [-0.2, 0) is 4.74 Å². The van der Waals surface area contributed by atoms with Gasteiger partial charge in [-0.3, -0.25) is 0 Å². The van der Waals surface area contributed by atoms with E-state index in [1.165, 1.54) is 18.5 Å². The molecule has 0 spiro atoms. The Hall–Kier alpha value is 0.427. The van der Waals surface area contributed by atoms with Crippen LogP contribution in [0.4, 0.5) is 0 Å². The van der Waals surface area contributed by atoms with E-state index in [9.17, 15) is 0 Å². The highest BCUT2D eigenvalue weighted by Gasteiger charge is 2.30. The summed E-state index contributed by atoms with van der Waals surface area (Å²) in [5.41, 5.74) is 6.01. The third-order valence-electron chi connectivity index (χ3n) is 3.04. The van der Waals surface area contributed by atoms with E-state index >= 15 is 0 Å². The molecule has 0 saturated carbocycles. The second-order valence-corrected chi connectivity index (χ2v) is 10.0. The van der Waals surface area contributed by atoms with Crippen LogP contribution in [0.25, 0.3) is 0 Å². The molecule has 1 aliphatic rings. The lowest BCUT2D eigenvalue weighted by molar-refractivity contribution is 0.0780. The first-order chi connectivity index (χ1) is 5.55. The Morgan fingerprint density at radius 1 is 1.23 bits per heavy atom. The number of nitrogens with two attached hydrogens (primary N) is 1. The quantitative estimate of drug-likeness (QED) is 0.693. The summed E-state index contributed by atoms with van der Waals surface area (Å²) in [6.07, 6.45) is 2.66. The summed E-state index contributed by atoms with van der Waals surface area (Å²) in [6, 6.07) is 3.03. The van der Waals surface area contributed by atoms with E-state index in [0.29, 0.717) is 6.10 Å². The molecule has 2 atom stereocenters. The molecule has 1 saturated heterocycles. The third-order valence-corrected chi connectivity index (χ3v) is 6.32. The minimum atomic E-state index is -0.901. The maximum atomic E-state index is 6.01. The van der Waals surface area contributed by atoms with Gasteiger partial charge in [-0.1, -0.05) is 25.2 Å². The summed E-state index contributed by atoms with van der Waals surface area (Å²) in [6.45, 7) is 4.91. The van der Waals surface area contributed by atoms with Crippen molar-refractivity contribution >= 4 is 20.5 Å². The number of rotatable bonds is 1. The lowest BCUT2D eigenvalue weighted by atomic mass is 10.1. The second kappa shape index (κ2) is 5.34. The van der Waals surface area contributed by atoms with Crippen LogP contribution in [0.5, 0.6) is 0 Å². The molecule has 1 fully saturated rings. The first-order valence-electron chi connectivity index (χ1n) is 4.83. The predicted molar refractivity (Wildman–Crippen MR) is 62.4 cm³/mol. The smallest absolute Gasteiger partial charge is 0.0719 e. The normalized spacial score (nSPS) is 33.2. The Labute approximate surface area is 88.6 Å². The molecule has 0 radical (unpaired) electrons. The fourth-order valence-electron chi connectivity index (χ4n) is 1.91. The van der Waals surface area contributed by atoms with Gasteiger partial charge >= 0.3 is 0 Å². The summed E-state index contributed by atoms with van der Waals surface area (Å²) in [5.74, 6) is 0. The van der Waals surface area contributed by atoms with Crippen LogP contribution >= 0.6 is 12.4 Å². The average molecular weight is 224 g/mol. The van der Waals surface area contributed by atoms with Gasteiger partial charge in [-0.2, -0.15) is 0 Å². The van der Waals surface area contributed by atoms with Crippen molar-refractivity contribution in [1.82, 2.24) is 0 Å². The Kier molecular flexibility index (Phi) is 5.52. The molecule has 0 amide bonds. The monoisotopic (exact) mass is 223 g/mol. The van der Waals surface area contributed by atoms with E-state index in [1.54, 1.807) is 7.11 Å². The summed E-state index contributed by atoms with van der Waals surface area (Å²) in [5, 5.41) is 0. The number of halogens is 1. The van der Waals surface area contributed by atoms with Crippen LogP contribution in [0, 0.1) is 0 Å². The fourth-order valence-corrected chi connectivity index (χ4v) is 4.34. The summed E-state index contributed by atoms with van der Waals surface area (Å²) in [7, 11) is 0.881. The van der Waals surface area contributed by atoms with Gasteiger partial charge in [0.25, 0.3) is 0 Å². The van der Waals surface area contributed by atoms with Gasteiger partial charge in [-0.05, 0) is 12.8 Å². The lowest BCUT2D eigenvalue weighted by Gasteiger charge is -2.19. The molecule has 4 heteroatoms. The molecular weight excluding hydrogens is 202 g/mol. The molecule has 0 aliphatic carbocycles. The standard InChI is InChI=1S/C9H21NOSi.ClH/c1-11-9-5-7-12(2,3)6-4-8(9)10;/h8-9H,4-7,10H2,1-3H3;1H/t8-,9+;/m0./s1. The van der Waals surface area contributed by atoms with Crippen molar-refractivity contribution in [1.29, 1.82) is 0 Å². The van der Waals surface area contributed by atoms with Crippen molar-refractivity contribution in [3.63, 3.8) is 0 Å². The topological polar surface area (TPSA) is 35.2 Å². The Morgan fingerprint density at radius 3 is 2.31 bits per heavy atom. The van der Waals surface area contributed by atoms with Crippen LogP contribution in [-0.4, -0.2) is 27.3 Å². The van der Waals surface area contributed by atoms with Gasteiger partial charge in [-0.15, -0.1) is 12.4 Å². The fraction of sp³-hybridized carbons (Fsp3) is 1.00. The van der Waals surface area contributed by atoms with E-state index in [2.05, 4.69) is 13.1 Å². The number of methoxy groups -OCH3 is 1. The van der Waals surface area contributed by atoms with Crippen LogP contribution < -0.4 is 5.73 Å². The Bertz CT molecular complexity index is 155. The Balaban J connectivity index is 0.00000144. The predicted octanol–water partition coefficient (Wildman–Crippen LogP) is 2.25. The highest BCUT2D eigenvalue weighted by molar-refractivity contribution is 6.77. The highest BCUT2D eigenvalue weighted by atomic mass is 35.5. The molecule has 0 bridgehead atoms. The molecule has 0 unspecified atom stereocenters. The summed E-state index contributed by atoms with van der Waals surface area (Å²) < 4.78 is 5.37. The summed E-state index contributed by atoms with van der Waals surface area (Å²) in [4.78, 5) is 0. The molecule has 1 aliphatic heterocycles. The van der Waals surface area contributed by atoms with E-state index in [-0.39, 0.29) is 18.4 Å². The van der Waals surface area contributed by atoms with Crippen molar-refractivity contribution < 1.29 is 4.74 Å². The largest absolute Gasteiger partial charge is 0.380 e. The first kappa shape index (κ1) is 13.4. The van der Waals surface area contributed by atoms with Crippen LogP contribution in [0.1, 0.15) is 12.8 Å². The van der Waals surface area contributed by atoms with Gasteiger partial charge in [0.15, 0.2) is 0 Å². The summed E-state index contributed by atoms with van der Waals surface area (Å²) >= 11 is 0. The zero-order chi connectivity index (χ0) is 9.19. The maximum absolute atomic E-state index is 6.01. The second-order valence-electron chi connectivity index (χ2n) is 4.68. The van der Waals surface area contributed by atoms with Gasteiger partial charge in [0.05, 0.1) is 6.10 Å². The molecule has 13 heavy (non-hydrogen) atoms. The SMILES string of the molecule is CO[C@@H]1CC[Si](C)(C)CC[C@@H]1N.Cl. The maximum Gasteiger partial charge on any atom is 0.0719 e. The highest BCUT2D eigenvalue weighted by Crippen LogP contribution is 2.27. The molecular formula is C9H22ClNOSi. The van der Waals surface area contributed by atoms with Crippen molar-refractivity contribution in [3.8, 4) is 0 Å². The molecule has 2 N–H and O–H groups in total. The van der Waals surface area contributed by atoms with Gasteiger partial charge < -0.3 is 10.5 Å². The molecule has 0 aromatic heterocycles. The number of hydrogen-bond donors (Lipinski definition) is 1. The number of ether oxygens (including phenoxy) is 1. The van der Waals surface area contributed by atoms with Gasteiger partial charge in [0.1, 0.15) is 0 Å². The van der Waals surface area contributed by atoms with Crippen molar-refractivity contribution in [2.75, 3.05) is 7.11 Å². The zero-order valence-electron chi connectivity index (χ0n) is 8.88. The zero-order valence-corrected chi connectivity index (χ0v) is 10.7. The molecule has 1 rings (SSSR count).